The maximum atomic E-state index is 11.9. The number of nitrogens with zero attached hydrogens (tertiary/aromatic N) is 2. The third kappa shape index (κ3) is 17.1. The van der Waals surface area contributed by atoms with E-state index in [1.165, 1.54) is 115 Å². The van der Waals surface area contributed by atoms with Crippen LogP contribution in [0.5, 0.6) is 0 Å². The van der Waals surface area contributed by atoms with Gasteiger partial charge in [-0.3, -0.25) is 0 Å². The average molecular weight is 700 g/mol. The maximum absolute atomic E-state index is 11.9. The van der Waals surface area contributed by atoms with Crippen molar-refractivity contribution in [1.29, 1.82) is 0 Å². The fourth-order valence-electron chi connectivity index (χ4n) is 5.73. The van der Waals surface area contributed by atoms with Gasteiger partial charge in [0.15, 0.2) is 0 Å². The predicted molar refractivity (Wildman–Crippen MR) is 211 cm³/mol. The van der Waals surface area contributed by atoms with Crippen molar-refractivity contribution in [3.8, 4) is 0 Å². The van der Waals surface area contributed by atoms with Crippen LogP contribution >= 0.6 is 0 Å². The summed E-state index contributed by atoms with van der Waals surface area (Å²) in [5.41, 5.74) is 23.1. The van der Waals surface area contributed by atoms with E-state index in [1.54, 1.807) is 0 Å². The largest absolute Gasteiger partial charge is 2.00 e. The number of aryl methyl sites for hydroxylation is 4. The Morgan fingerprint density at radius 3 is 1.17 bits per heavy atom. The molecule has 0 spiro atoms. The van der Waals surface area contributed by atoms with Crippen molar-refractivity contribution in [3.05, 3.63) is 101 Å². The minimum absolute atomic E-state index is 0. The first kappa shape index (κ1) is 46.0. The van der Waals surface area contributed by atoms with Crippen molar-refractivity contribution < 1.29 is 21.2 Å². The maximum Gasteiger partial charge on any atom is 2.00 e. The Kier molecular flexibility index (Phi) is 27.6. The van der Waals surface area contributed by atoms with E-state index in [9.17, 15) is 5.53 Å². The number of allylic oxidation sites excluding steroid dienone is 2. The Bertz CT molecular complexity index is 1140. The van der Waals surface area contributed by atoms with Gasteiger partial charge < -0.3 is 19.4 Å². The normalized spacial score (nSPS) is 12.2. The van der Waals surface area contributed by atoms with Gasteiger partial charge in [-0.1, -0.05) is 112 Å². The standard InChI is InChI=1S/C37H54N2.2C4H9.Ni/c1-6-11-16-21-33-28-36(34-24-29(17-12-7-2)22-30(25-34)18-13-8-3)39(38)37(33)35-26-31(19-14-9-4)23-32(27-35)20-15-10-5;2*1-3-4-2;/h22-28H,6-21H2,1-5H3;2*1,3-4H2,2H3;/q;2*-1;+2. The molecule has 1 aliphatic heterocycles. The zero-order valence-electron chi connectivity index (χ0n) is 32.3. The van der Waals surface area contributed by atoms with E-state index in [0.29, 0.717) is 0 Å². The van der Waals surface area contributed by atoms with Gasteiger partial charge in [-0.25, -0.2) is 4.70 Å². The summed E-state index contributed by atoms with van der Waals surface area (Å²) in [4.78, 5) is 0. The van der Waals surface area contributed by atoms with E-state index < -0.39 is 0 Å². The minimum atomic E-state index is 0. The van der Waals surface area contributed by atoms with Crippen LogP contribution in [0.1, 0.15) is 185 Å². The molecule has 1 aliphatic rings. The molecule has 2 aromatic carbocycles. The SMILES string of the molecule is CCCCCC1=C(c2cc(CCCC)cc(CCCC)c2)[N+](=[N-])C(c2cc(CCCC)cc(CCCC)c2)=C1.[CH2-]CCC.[CH2-]CCC.[Ni+2]. The van der Waals surface area contributed by atoms with Gasteiger partial charge >= 0.3 is 16.5 Å². The van der Waals surface area contributed by atoms with E-state index in [-0.39, 0.29) is 16.5 Å². The van der Waals surface area contributed by atoms with E-state index >= 15 is 0 Å². The second kappa shape index (κ2) is 28.8. The van der Waals surface area contributed by atoms with Crippen molar-refractivity contribution in [1.82, 2.24) is 0 Å². The first-order valence-electron chi connectivity index (χ1n) is 19.7. The van der Waals surface area contributed by atoms with Crippen LogP contribution in [0.25, 0.3) is 16.9 Å². The predicted octanol–water partition coefficient (Wildman–Crippen LogP) is 14.7. The summed E-state index contributed by atoms with van der Waals surface area (Å²) in [7, 11) is 0. The third-order valence-corrected chi connectivity index (χ3v) is 8.76. The van der Waals surface area contributed by atoms with Gasteiger partial charge in [0, 0.05) is 22.8 Å². The summed E-state index contributed by atoms with van der Waals surface area (Å²) in [6, 6.07) is 14.2. The van der Waals surface area contributed by atoms with E-state index in [1.807, 2.05) is 0 Å². The third-order valence-electron chi connectivity index (χ3n) is 8.76. The summed E-state index contributed by atoms with van der Waals surface area (Å²) in [5, 5.41) is 0. The molecule has 48 heavy (non-hydrogen) atoms. The van der Waals surface area contributed by atoms with Crippen molar-refractivity contribution in [2.24, 2.45) is 0 Å². The molecule has 0 N–H and O–H groups in total. The van der Waals surface area contributed by atoms with Crippen LogP contribution < -0.4 is 0 Å². The fourth-order valence-corrected chi connectivity index (χ4v) is 5.73. The summed E-state index contributed by atoms with van der Waals surface area (Å²) >= 11 is 0. The van der Waals surface area contributed by atoms with Crippen molar-refractivity contribution >= 4 is 11.4 Å². The van der Waals surface area contributed by atoms with E-state index in [4.69, 9.17) is 0 Å². The van der Waals surface area contributed by atoms with Gasteiger partial charge in [-0.2, -0.15) is 12.8 Å². The molecule has 272 valence electrons. The molecule has 0 bridgehead atoms. The molecule has 0 radical (unpaired) electrons. The van der Waals surface area contributed by atoms with Gasteiger partial charge in [0.25, 0.3) is 0 Å². The number of benzene rings is 2. The molecule has 2 nitrogen and oxygen atoms in total. The van der Waals surface area contributed by atoms with Gasteiger partial charge in [0.2, 0.25) is 11.4 Å². The Hall–Kier alpha value is -1.99. The number of rotatable bonds is 20. The smallest absolute Gasteiger partial charge is 0.493 e. The molecule has 3 heteroatoms. The molecule has 0 aromatic heterocycles. The van der Waals surface area contributed by atoms with Crippen molar-refractivity contribution in [2.75, 3.05) is 0 Å². The zero-order chi connectivity index (χ0) is 34.9. The van der Waals surface area contributed by atoms with Gasteiger partial charge in [-0.15, -0.1) is 0 Å². The van der Waals surface area contributed by atoms with Crippen LogP contribution in [0.3, 0.4) is 0 Å². The monoisotopic (exact) mass is 699 g/mol. The van der Waals surface area contributed by atoms with Crippen LogP contribution in [-0.2, 0) is 42.2 Å². The Morgan fingerprint density at radius 1 is 0.479 bits per heavy atom. The molecule has 0 saturated carbocycles. The Balaban J connectivity index is 0.00000221. The second-order valence-electron chi connectivity index (χ2n) is 13.4. The van der Waals surface area contributed by atoms with Gasteiger partial charge in [-0.05, 0) is 111 Å². The zero-order valence-corrected chi connectivity index (χ0v) is 33.3. The molecule has 0 saturated heterocycles. The minimum Gasteiger partial charge on any atom is -0.493 e. The van der Waals surface area contributed by atoms with Crippen LogP contribution in [0.15, 0.2) is 48.0 Å². The molecule has 0 unspecified atom stereocenters. The molecule has 0 fully saturated rings. The molecule has 0 aliphatic carbocycles. The number of hydrogen-bond acceptors (Lipinski definition) is 0. The van der Waals surface area contributed by atoms with E-state index in [2.05, 4.69) is 105 Å². The van der Waals surface area contributed by atoms with Crippen LogP contribution in [0, 0.1) is 13.8 Å². The van der Waals surface area contributed by atoms with Crippen LogP contribution in [-0.4, -0.2) is 4.70 Å². The first-order chi connectivity index (χ1) is 22.9. The summed E-state index contributed by atoms with van der Waals surface area (Å²) in [6.45, 7) is 22.8. The fraction of sp³-hybridized carbons (Fsp3) is 0.600. The van der Waals surface area contributed by atoms with E-state index in [0.717, 1.165) is 68.3 Å². The molecular weight excluding hydrogens is 627 g/mol. The molecule has 0 amide bonds. The quantitative estimate of drug-likeness (QED) is 0.0569. The van der Waals surface area contributed by atoms with Gasteiger partial charge in [0.1, 0.15) is 0 Å². The summed E-state index contributed by atoms with van der Waals surface area (Å²) in [6.07, 6.45) is 25.5. The molecular formula is C45H72N2Ni. The second-order valence-corrected chi connectivity index (χ2v) is 13.4. The average Bonchev–Trinajstić information content (AvgIpc) is 3.43. The molecule has 2 aromatic rings. The summed E-state index contributed by atoms with van der Waals surface area (Å²) < 4.78 is 1.53. The first-order valence-corrected chi connectivity index (χ1v) is 19.7. The Labute approximate surface area is 309 Å². The van der Waals surface area contributed by atoms with Crippen LogP contribution in [0.2, 0.25) is 0 Å². The van der Waals surface area contributed by atoms with Crippen molar-refractivity contribution in [2.45, 2.75) is 177 Å². The Morgan fingerprint density at radius 2 is 0.833 bits per heavy atom. The molecule has 3 rings (SSSR count). The van der Waals surface area contributed by atoms with Crippen LogP contribution in [0.4, 0.5) is 0 Å². The number of hydrogen-bond donors (Lipinski definition) is 0. The van der Waals surface area contributed by atoms with Crippen molar-refractivity contribution in [3.63, 3.8) is 0 Å². The van der Waals surface area contributed by atoms with Gasteiger partial charge in [0.05, 0.1) is 0 Å². The molecule has 0 atom stereocenters. The summed E-state index contributed by atoms with van der Waals surface area (Å²) in [5.74, 6) is 0. The number of unbranched alkanes of at least 4 members (excludes halogenated alkanes) is 8. The topological polar surface area (TPSA) is 25.3 Å². The molecule has 1 heterocycles.